The molecule has 86 valence electrons. The molecule has 0 radical (unpaired) electrons. The molecule has 1 aromatic carbocycles. The van der Waals surface area contributed by atoms with Crippen molar-refractivity contribution in [1.82, 2.24) is 0 Å². The molecule has 2 rings (SSSR count). The lowest BCUT2D eigenvalue weighted by molar-refractivity contribution is 0.0858. The number of alkyl halides is 1. The molecular formula is C13H14ClFO. The SMILES string of the molecule is O=C(c1ccc(Cl)cc1)C1CCC(F)CC1. The highest BCUT2D eigenvalue weighted by Crippen LogP contribution is 2.29. The average molecular weight is 241 g/mol. The number of carbonyl (C=O) groups is 1. The van der Waals surface area contributed by atoms with Crippen molar-refractivity contribution >= 4 is 17.4 Å². The van der Waals surface area contributed by atoms with Gasteiger partial charge >= 0.3 is 0 Å². The van der Waals surface area contributed by atoms with Gasteiger partial charge in [0, 0.05) is 16.5 Å². The number of hydrogen-bond acceptors (Lipinski definition) is 1. The molecular weight excluding hydrogens is 227 g/mol. The number of hydrogen-bond donors (Lipinski definition) is 0. The topological polar surface area (TPSA) is 17.1 Å². The molecule has 1 nitrogen and oxygen atoms in total. The fourth-order valence-electron chi connectivity index (χ4n) is 2.16. The summed E-state index contributed by atoms with van der Waals surface area (Å²) in [5, 5.41) is 0.629. The van der Waals surface area contributed by atoms with Gasteiger partial charge in [-0.05, 0) is 49.9 Å². The van der Waals surface area contributed by atoms with Crippen LogP contribution in [-0.2, 0) is 0 Å². The fraction of sp³-hybridized carbons (Fsp3) is 0.462. The molecule has 0 amide bonds. The standard InChI is InChI=1S/C13H14ClFO/c14-11-5-1-9(2-6-11)13(16)10-3-7-12(15)8-4-10/h1-2,5-6,10,12H,3-4,7-8H2. The van der Waals surface area contributed by atoms with Crippen LogP contribution in [0.3, 0.4) is 0 Å². The maximum atomic E-state index is 12.9. The highest BCUT2D eigenvalue weighted by molar-refractivity contribution is 6.30. The van der Waals surface area contributed by atoms with Crippen LogP contribution in [-0.4, -0.2) is 12.0 Å². The van der Waals surface area contributed by atoms with Crippen molar-refractivity contribution in [2.45, 2.75) is 31.9 Å². The molecule has 0 saturated heterocycles. The minimum atomic E-state index is -0.714. The van der Waals surface area contributed by atoms with Crippen LogP contribution in [0.2, 0.25) is 5.02 Å². The Bertz CT molecular complexity index is 366. The summed E-state index contributed by atoms with van der Waals surface area (Å²) in [6.07, 6.45) is 1.66. The Morgan fingerprint density at radius 2 is 1.69 bits per heavy atom. The van der Waals surface area contributed by atoms with Gasteiger partial charge in [-0.25, -0.2) is 4.39 Å². The zero-order valence-electron chi connectivity index (χ0n) is 8.96. The fourth-order valence-corrected chi connectivity index (χ4v) is 2.29. The van der Waals surface area contributed by atoms with E-state index in [-0.39, 0.29) is 11.7 Å². The van der Waals surface area contributed by atoms with E-state index in [0.29, 0.717) is 36.3 Å². The molecule has 0 bridgehead atoms. The van der Waals surface area contributed by atoms with Crippen LogP contribution >= 0.6 is 11.6 Å². The van der Waals surface area contributed by atoms with Crippen molar-refractivity contribution in [1.29, 1.82) is 0 Å². The Morgan fingerprint density at radius 1 is 1.12 bits per heavy atom. The van der Waals surface area contributed by atoms with Gasteiger partial charge in [-0.3, -0.25) is 4.79 Å². The van der Waals surface area contributed by atoms with Crippen LogP contribution < -0.4 is 0 Å². The lowest BCUT2D eigenvalue weighted by Crippen LogP contribution is -2.22. The minimum Gasteiger partial charge on any atom is -0.294 e. The second-order valence-corrected chi connectivity index (χ2v) is 4.76. The van der Waals surface area contributed by atoms with Crippen LogP contribution in [0.15, 0.2) is 24.3 Å². The Kier molecular flexibility index (Phi) is 3.59. The van der Waals surface area contributed by atoms with Crippen LogP contribution in [0.4, 0.5) is 4.39 Å². The summed E-state index contributed by atoms with van der Waals surface area (Å²) in [5.74, 6) is 0.122. The van der Waals surface area contributed by atoms with Gasteiger partial charge in [0.15, 0.2) is 5.78 Å². The van der Waals surface area contributed by atoms with Crippen molar-refractivity contribution in [3.8, 4) is 0 Å². The summed E-state index contributed by atoms with van der Waals surface area (Å²) < 4.78 is 12.9. The molecule has 1 saturated carbocycles. The number of carbonyl (C=O) groups excluding carboxylic acids is 1. The van der Waals surface area contributed by atoms with Gasteiger partial charge in [-0.2, -0.15) is 0 Å². The molecule has 0 aromatic heterocycles. The first-order valence-electron chi connectivity index (χ1n) is 5.60. The zero-order chi connectivity index (χ0) is 11.5. The van der Waals surface area contributed by atoms with Crippen LogP contribution in [0, 0.1) is 5.92 Å². The number of halogens is 2. The van der Waals surface area contributed by atoms with Crippen molar-refractivity contribution < 1.29 is 9.18 Å². The summed E-state index contributed by atoms with van der Waals surface area (Å²) in [5.41, 5.74) is 0.687. The van der Waals surface area contributed by atoms with Crippen LogP contribution in [0.25, 0.3) is 0 Å². The normalized spacial score (nSPS) is 25.4. The predicted molar refractivity (Wildman–Crippen MR) is 62.6 cm³/mol. The maximum Gasteiger partial charge on any atom is 0.165 e. The van der Waals surface area contributed by atoms with Crippen LogP contribution in [0.1, 0.15) is 36.0 Å². The van der Waals surface area contributed by atoms with E-state index in [2.05, 4.69) is 0 Å². The van der Waals surface area contributed by atoms with Gasteiger partial charge in [-0.15, -0.1) is 0 Å². The third kappa shape index (κ3) is 2.62. The van der Waals surface area contributed by atoms with E-state index in [1.54, 1.807) is 24.3 Å². The van der Waals surface area contributed by atoms with E-state index in [9.17, 15) is 9.18 Å². The zero-order valence-corrected chi connectivity index (χ0v) is 9.71. The van der Waals surface area contributed by atoms with Crippen molar-refractivity contribution in [2.24, 2.45) is 5.92 Å². The predicted octanol–water partition coefficient (Wildman–Crippen LogP) is 4.05. The minimum absolute atomic E-state index is 0.00632. The van der Waals surface area contributed by atoms with Crippen molar-refractivity contribution in [3.05, 3.63) is 34.9 Å². The van der Waals surface area contributed by atoms with Gasteiger partial charge in [0.1, 0.15) is 6.17 Å². The largest absolute Gasteiger partial charge is 0.294 e. The van der Waals surface area contributed by atoms with E-state index in [1.165, 1.54) is 0 Å². The number of rotatable bonds is 2. The molecule has 1 aliphatic carbocycles. The average Bonchev–Trinajstić information content (AvgIpc) is 2.30. The molecule has 3 heteroatoms. The first-order chi connectivity index (χ1) is 7.66. The van der Waals surface area contributed by atoms with Gasteiger partial charge in [-0.1, -0.05) is 11.6 Å². The first-order valence-corrected chi connectivity index (χ1v) is 5.98. The Morgan fingerprint density at radius 3 is 2.25 bits per heavy atom. The molecule has 0 atom stereocenters. The smallest absolute Gasteiger partial charge is 0.165 e. The summed E-state index contributed by atoms with van der Waals surface area (Å²) in [6, 6.07) is 6.92. The lowest BCUT2D eigenvalue weighted by Gasteiger charge is -2.22. The van der Waals surface area contributed by atoms with E-state index >= 15 is 0 Å². The maximum absolute atomic E-state index is 12.9. The molecule has 0 N–H and O–H groups in total. The summed E-state index contributed by atoms with van der Waals surface area (Å²) in [6.45, 7) is 0. The third-order valence-electron chi connectivity index (χ3n) is 3.16. The Balaban J connectivity index is 2.05. The van der Waals surface area contributed by atoms with E-state index in [0.717, 1.165) is 0 Å². The highest BCUT2D eigenvalue weighted by atomic mass is 35.5. The molecule has 1 fully saturated rings. The molecule has 0 spiro atoms. The van der Waals surface area contributed by atoms with Gasteiger partial charge in [0.25, 0.3) is 0 Å². The van der Waals surface area contributed by atoms with E-state index in [4.69, 9.17) is 11.6 Å². The molecule has 16 heavy (non-hydrogen) atoms. The van der Waals surface area contributed by atoms with Crippen molar-refractivity contribution in [3.63, 3.8) is 0 Å². The Hall–Kier alpha value is -0.890. The van der Waals surface area contributed by atoms with E-state index < -0.39 is 6.17 Å². The summed E-state index contributed by atoms with van der Waals surface area (Å²) in [7, 11) is 0. The number of benzene rings is 1. The van der Waals surface area contributed by atoms with Crippen molar-refractivity contribution in [2.75, 3.05) is 0 Å². The lowest BCUT2D eigenvalue weighted by atomic mass is 9.83. The second kappa shape index (κ2) is 4.96. The molecule has 0 aliphatic heterocycles. The molecule has 1 aromatic rings. The van der Waals surface area contributed by atoms with E-state index in [1.807, 2.05) is 0 Å². The van der Waals surface area contributed by atoms with Crippen LogP contribution in [0.5, 0.6) is 0 Å². The van der Waals surface area contributed by atoms with Gasteiger partial charge in [0.05, 0.1) is 0 Å². The molecule has 1 aliphatic rings. The number of ketones is 1. The summed E-state index contributed by atoms with van der Waals surface area (Å²) in [4.78, 5) is 12.1. The summed E-state index contributed by atoms with van der Waals surface area (Å²) >= 11 is 5.76. The highest BCUT2D eigenvalue weighted by Gasteiger charge is 2.26. The number of Topliss-reactive ketones (excluding diaryl/α,β-unsaturated/α-hetero) is 1. The Labute approximate surface area is 99.6 Å². The quantitative estimate of drug-likeness (QED) is 0.713. The first kappa shape index (κ1) is 11.6. The molecule has 0 heterocycles. The van der Waals surface area contributed by atoms with Gasteiger partial charge in [0.2, 0.25) is 0 Å². The monoisotopic (exact) mass is 240 g/mol. The molecule has 0 unspecified atom stereocenters. The second-order valence-electron chi connectivity index (χ2n) is 4.32. The van der Waals surface area contributed by atoms with Gasteiger partial charge < -0.3 is 0 Å². The third-order valence-corrected chi connectivity index (χ3v) is 3.41.